The summed E-state index contributed by atoms with van der Waals surface area (Å²) in [6.07, 6.45) is 0.919. The molecular weight excluding hydrogens is 214 g/mol. The van der Waals surface area contributed by atoms with Crippen molar-refractivity contribution in [2.24, 2.45) is 0 Å². The Hall–Kier alpha value is -1.62. The third-order valence-electron chi connectivity index (χ3n) is 1.64. The van der Waals surface area contributed by atoms with Crippen LogP contribution in [0.25, 0.3) is 0 Å². The summed E-state index contributed by atoms with van der Waals surface area (Å²) in [5, 5.41) is 0. The van der Waals surface area contributed by atoms with Crippen molar-refractivity contribution < 1.29 is 13.2 Å². The van der Waals surface area contributed by atoms with Crippen molar-refractivity contribution in [2.45, 2.75) is 5.75 Å². The Morgan fingerprint density at radius 1 is 1.33 bits per heavy atom. The Kier molecular flexibility index (Phi) is 3.62. The molecule has 0 bridgehead atoms. The smallest absolute Gasteiger partial charge is 0.256 e. The van der Waals surface area contributed by atoms with Gasteiger partial charge in [0, 0.05) is 0 Å². The summed E-state index contributed by atoms with van der Waals surface area (Å²) >= 11 is 0. The minimum Gasteiger partial charge on any atom is -0.269 e. The van der Waals surface area contributed by atoms with Crippen LogP contribution in [0.4, 0.5) is 0 Å². The van der Waals surface area contributed by atoms with E-state index >= 15 is 0 Å². The molecule has 0 spiro atoms. The van der Waals surface area contributed by atoms with Crippen LogP contribution >= 0.6 is 0 Å². The molecule has 0 aromatic heterocycles. The number of hydrogen-bond acceptors (Lipinski definition) is 3. The molecule has 1 N–H and O–H groups in total. The molecule has 0 heterocycles. The summed E-state index contributed by atoms with van der Waals surface area (Å²) in [4.78, 5) is 10.8. The molecule has 0 aliphatic rings. The zero-order chi connectivity index (χ0) is 11.3. The van der Waals surface area contributed by atoms with E-state index in [0.29, 0.717) is 5.56 Å². The van der Waals surface area contributed by atoms with Gasteiger partial charge in [-0.1, -0.05) is 36.9 Å². The molecule has 1 aromatic rings. The predicted octanol–water partition coefficient (Wildman–Crippen LogP) is 0.819. The van der Waals surface area contributed by atoms with Crippen LogP contribution in [0, 0.1) is 0 Å². The minimum atomic E-state index is -3.62. The highest BCUT2D eigenvalue weighted by molar-refractivity contribution is 7.89. The second kappa shape index (κ2) is 4.75. The lowest BCUT2D eigenvalue weighted by molar-refractivity contribution is -0.114. The molecule has 0 fully saturated rings. The van der Waals surface area contributed by atoms with E-state index in [1.807, 2.05) is 4.72 Å². The molecule has 0 aliphatic carbocycles. The van der Waals surface area contributed by atoms with Crippen LogP contribution in [0.1, 0.15) is 5.56 Å². The molecule has 0 aliphatic heterocycles. The molecule has 0 saturated heterocycles. The van der Waals surface area contributed by atoms with Crippen LogP contribution in [-0.2, 0) is 20.6 Å². The van der Waals surface area contributed by atoms with Crippen LogP contribution in [0.2, 0.25) is 0 Å². The molecule has 0 unspecified atom stereocenters. The lowest BCUT2D eigenvalue weighted by Gasteiger charge is -2.04. The van der Waals surface area contributed by atoms with Gasteiger partial charge in [-0.3, -0.25) is 4.79 Å². The van der Waals surface area contributed by atoms with Crippen LogP contribution < -0.4 is 4.72 Å². The molecule has 5 heteroatoms. The highest BCUT2D eigenvalue weighted by atomic mass is 32.2. The molecule has 1 rings (SSSR count). The summed E-state index contributed by atoms with van der Waals surface area (Å²) < 4.78 is 24.6. The van der Waals surface area contributed by atoms with Gasteiger partial charge in [0.15, 0.2) is 0 Å². The molecule has 15 heavy (non-hydrogen) atoms. The number of benzene rings is 1. The number of carbonyl (C=O) groups excluding carboxylic acids is 1. The quantitative estimate of drug-likeness (QED) is 0.771. The van der Waals surface area contributed by atoms with Crippen molar-refractivity contribution in [3.63, 3.8) is 0 Å². The van der Waals surface area contributed by atoms with E-state index in [4.69, 9.17) is 0 Å². The average Bonchev–Trinajstić information content (AvgIpc) is 2.17. The maximum atomic E-state index is 11.4. The first-order valence-electron chi connectivity index (χ1n) is 4.24. The maximum absolute atomic E-state index is 11.4. The third kappa shape index (κ3) is 3.95. The van der Waals surface area contributed by atoms with Gasteiger partial charge in [-0.2, -0.15) is 0 Å². The number of nitrogens with one attached hydrogen (secondary N) is 1. The number of sulfonamides is 1. The SMILES string of the molecule is C=CC(=O)NS(=O)(=O)Cc1ccccc1. The Balaban J connectivity index is 2.73. The molecule has 80 valence electrons. The highest BCUT2D eigenvalue weighted by Gasteiger charge is 2.12. The molecule has 1 aromatic carbocycles. The van der Waals surface area contributed by atoms with Crippen LogP contribution in [0.3, 0.4) is 0 Å². The van der Waals surface area contributed by atoms with Crippen molar-refractivity contribution in [3.05, 3.63) is 48.6 Å². The van der Waals surface area contributed by atoms with Crippen molar-refractivity contribution in [2.75, 3.05) is 0 Å². The van der Waals surface area contributed by atoms with Gasteiger partial charge in [-0.15, -0.1) is 0 Å². The van der Waals surface area contributed by atoms with Crippen molar-refractivity contribution in [1.82, 2.24) is 4.72 Å². The van der Waals surface area contributed by atoms with Gasteiger partial charge in [0.1, 0.15) is 0 Å². The summed E-state index contributed by atoms with van der Waals surface area (Å²) in [6.45, 7) is 3.18. The van der Waals surface area contributed by atoms with Gasteiger partial charge >= 0.3 is 0 Å². The first kappa shape index (κ1) is 11.5. The first-order valence-corrected chi connectivity index (χ1v) is 5.89. The van der Waals surface area contributed by atoms with E-state index in [0.717, 1.165) is 6.08 Å². The lowest BCUT2D eigenvalue weighted by atomic mass is 10.2. The van der Waals surface area contributed by atoms with Gasteiger partial charge in [-0.05, 0) is 11.6 Å². The fourth-order valence-electron chi connectivity index (χ4n) is 1.02. The number of amides is 1. The topological polar surface area (TPSA) is 63.2 Å². The van der Waals surface area contributed by atoms with Gasteiger partial charge in [0.05, 0.1) is 5.75 Å². The monoisotopic (exact) mass is 225 g/mol. The Bertz CT molecular complexity index is 451. The zero-order valence-electron chi connectivity index (χ0n) is 8.01. The molecule has 0 radical (unpaired) electrons. The molecule has 0 saturated carbocycles. The minimum absolute atomic E-state index is 0.215. The maximum Gasteiger partial charge on any atom is 0.256 e. The summed E-state index contributed by atoms with van der Waals surface area (Å²) in [5.41, 5.74) is 0.627. The number of hydrogen-bond donors (Lipinski definition) is 1. The van der Waals surface area contributed by atoms with Crippen molar-refractivity contribution in [3.8, 4) is 0 Å². The Morgan fingerprint density at radius 2 is 1.93 bits per heavy atom. The zero-order valence-corrected chi connectivity index (χ0v) is 8.83. The van der Waals surface area contributed by atoms with Gasteiger partial charge in [-0.25, -0.2) is 13.1 Å². The Morgan fingerprint density at radius 3 is 2.47 bits per heavy atom. The van der Waals surface area contributed by atoms with E-state index in [1.165, 1.54) is 0 Å². The molecular formula is C10H11NO3S. The predicted molar refractivity (Wildman–Crippen MR) is 57.4 cm³/mol. The van der Waals surface area contributed by atoms with Crippen LogP contribution in [-0.4, -0.2) is 14.3 Å². The van der Waals surface area contributed by atoms with E-state index in [1.54, 1.807) is 30.3 Å². The molecule has 1 amide bonds. The fourth-order valence-corrected chi connectivity index (χ4v) is 2.12. The average molecular weight is 225 g/mol. The van der Waals surface area contributed by atoms with Crippen LogP contribution in [0.15, 0.2) is 43.0 Å². The van der Waals surface area contributed by atoms with Gasteiger partial charge in [0.25, 0.3) is 5.91 Å². The number of carbonyl (C=O) groups is 1. The van der Waals surface area contributed by atoms with Gasteiger partial charge in [0.2, 0.25) is 10.0 Å². The second-order valence-corrected chi connectivity index (χ2v) is 4.64. The normalized spacial score (nSPS) is 10.7. The van der Waals surface area contributed by atoms with Crippen molar-refractivity contribution >= 4 is 15.9 Å². The second-order valence-electron chi connectivity index (χ2n) is 2.92. The van der Waals surface area contributed by atoms with E-state index < -0.39 is 15.9 Å². The standard InChI is InChI=1S/C10H11NO3S/c1-2-10(12)11-15(13,14)8-9-6-4-3-5-7-9/h2-7H,1,8H2,(H,11,12). The summed E-state index contributed by atoms with van der Waals surface area (Å²) in [6, 6.07) is 8.62. The Labute approximate surface area is 88.7 Å². The molecule has 0 atom stereocenters. The van der Waals surface area contributed by atoms with E-state index in [2.05, 4.69) is 6.58 Å². The van der Waals surface area contributed by atoms with Gasteiger partial charge < -0.3 is 0 Å². The fraction of sp³-hybridized carbons (Fsp3) is 0.100. The highest BCUT2D eigenvalue weighted by Crippen LogP contribution is 2.03. The lowest BCUT2D eigenvalue weighted by Crippen LogP contribution is -2.29. The molecule has 4 nitrogen and oxygen atoms in total. The van der Waals surface area contributed by atoms with E-state index in [9.17, 15) is 13.2 Å². The van der Waals surface area contributed by atoms with Crippen LogP contribution in [0.5, 0.6) is 0 Å². The third-order valence-corrected chi connectivity index (χ3v) is 2.87. The summed E-state index contributed by atoms with van der Waals surface area (Å²) in [5.74, 6) is -0.932. The summed E-state index contributed by atoms with van der Waals surface area (Å²) in [7, 11) is -3.62. The van der Waals surface area contributed by atoms with Crippen molar-refractivity contribution in [1.29, 1.82) is 0 Å². The largest absolute Gasteiger partial charge is 0.269 e. The number of rotatable bonds is 4. The first-order chi connectivity index (χ1) is 7.03. The van der Waals surface area contributed by atoms with E-state index in [-0.39, 0.29) is 5.75 Å².